The summed E-state index contributed by atoms with van der Waals surface area (Å²) in [6, 6.07) is -0.109. The summed E-state index contributed by atoms with van der Waals surface area (Å²) >= 11 is 5.90. The number of carbonyl (C=O) groups is 2. The Labute approximate surface area is 203 Å². The Balaban J connectivity index is 1.19. The molecule has 5 unspecified atom stereocenters. The molecule has 5 aliphatic rings. The van der Waals surface area contributed by atoms with E-state index in [4.69, 9.17) is 16.3 Å². The summed E-state index contributed by atoms with van der Waals surface area (Å²) in [7, 11) is 0. The maximum atomic E-state index is 13.8. The fraction of sp³-hybridized carbons (Fsp3) is 0.913. The molecule has 0 aromatic heterocycles. The summed E-state index contributed by atoms with van der Waals surface area (Å²) < 4.78 is 48.6. The number of amides is 2. The zero-order valence-electron chi connectivity index (χ0n) is 19.3. The number of alkyl halides is 4. The second-order valence-corrected chi connectivity index (χ2v) is 11.0. The first-order valence-corrected chi connectivity index (χ1v) is 12.8. The molecular formula is C23H35ClF3N3O4. The van der Waals surface area contributed by atoms with Crippen LogP contribution in [-0.2, 0) is 19.1 Å². The molecule has 5 rings (SSSR count). The number of halogens is 4. The molecule has 4 aliphatic carbocycles. The molecule has 34 heavy (non-hydrogen) atoms. The van der Waals surface area contributed by atoms with E-state index < -0.39 is 29.8 Å². The highest BCUT2D eigenvalue weighted by Crippen LogP contribution is 2.52. The first-order chi connectivity index (χ1) is 16.2. The minimum absolute atomic E-state index is 0.0196. The van der Waals surface area contributed by atoms with Gasteiger partial charge in [0.05, 0.1) is 11.5 Å². The standard InChI is InChI=1S/C23H35ClF3N3O4/c24-16-3-2-15(11-17(16)25)33-13-18(31)30-23-8-5-22(6-9-23,7-10-23)20(32)29-14-1-4-19(28-12-14)34-21(26)27/h14-17,19,21,28H,1-13H2,(H,29,32)(H,30,31). The molecule has 0 aromatic carbocycles. The topological polar surface area (TPSA) is 88.7 Å². The van der Waals surface area contributed by atoms with Gasteiger partial charge in [0.1, 0.15) is 19.0 Å². The van der Waals surface area contributed by atoms with E-state index in [1.165, 1.54) is 0 Å². The number of rotatable bonds is 8. The van der Waals surface area contributed by atoms with E-state index in [1.54, 1.807) is 0 Å². The van der Waals surface area contributed by atoms with Gasteiger partial charge in [0.25, 0.3) is 0 Å². The molecule has 5 atom stereocenters. The monoisotopic (exact) mass is 509 g/mol. The summed E-state index contributed by atoms with van der Waals surface area (Å²) in [5.74, 6) is -0.178. The molecule has 2 bridgehead atoms. The number of fused-ring (bicyclic) bond motifs is 3. The minimum Gasteiger partial charge on any atom is -0.368 e. The van der Waals surface area contributed by atoms with Gasteiger partial charge in [-0.15, -0.1) is 11.6 Å². The van der Waals surface area contributed by atoms with Crippen molar-refractivity contribution in [3.05, 3.63) is 0 Å². The lowest BCUT2D eigenvalue weighted by atomic mass is 9.56. The summed E-state index contributed by atoms with van der Waals surface area (Å²) in [4.78, 5) is 25.7. The number of piperidine rings is 1. The van der Waals surface area contributed by atoms with Crippen LogP contribution in [0.4, 0.5) is 13.2 Å². The van der Waals surface area contributed by atoms with E-state index in [9.17, 15) is 22.8 Å². The van der Waals surface area contributed by atoms with Crippen LogP contribution in [0.15, 0.2) is 0 Å². The van der Waals surface area contributed by atoms with Crippen LogP contribution in [0.5, 0.6) is 0 Å². The quantitative estimate of drug-likeness (QED) is 0.437. The molecule has 1 heterocycles. The number of nitrogens with one attached hydrogen (secondary N) is 3. The maximum Gasteiger partial charge on any atom is 0.346 e. The summed E-state index contributed by atoms with van der Waals surface area (Å²) in [6.45, 7) is -2.51. The molecular weight excluding hydrogens is 475 g/mol. The fourth-order valence-electron chi connectivity index (χ4n) is 5.97. The predicted octanol–water partition coefficient (Wildman–Crippen LogP) is 3.14. The Hall–Kier alpha value is -1.10. The van der Waals surface area contributed by atoms with E-state index >= 15 is 0 Å². The number of hydrogen-bond donors (Lipinski definition) is 3. The second kappa shape index (κ2) is 10.9. The Bertz CT molecular complexity index is 714. The van der Waals surface area contributed by atoms with Crippen molar-refractivity contribution in [3.8, 4) is 0 Å². The summed E-state index contributed by atoms with van der Waals surface area (Å²) in [5, 5.41) is 8.68. The fourth-order valence-corrected chi connectivity index (χ4v) is 6.19. The van der Waals surface area contributed by atoms with Gasteiger partial charge in [-0.25, -0.2) is 4.39 Å². The van der Waals surface area contributed by atoms with Gasteiger partial charge in [-0.2, -0.15) is 8.78 Å². The van der Waals surface area contributed by atoms with Crippen molar-refractivity contribution < 1.29 is 32.2 Å². The van der Waals surface area contributed by atoms with Crippen LogP contribution in [0, 0.1) is 5.41 Å². The molecule has 5 fully saturated rings. The van der Waals surface area contributed by atoms with Gasteiger partial charge >= 0.3 is 6.61 Å². The van der Waals surface area contributed by atoms with E-state index in [2.05, 4.69) is 20.7 Å². The SMILES string of the molecule is O=C(COC1CCC(Cl)C(F)C1)NC12CCC(C(=O)NC3CCC(OC(F)F)NC3)(CC1)CC2. The normalized spacial score (nSPS) is 40.2. The molecule has 1 aliphatic heterocycles. The molecule has 3 N–H and O–H groups in total. The van der Waals surface area contributed by atoms with Crippen LogP contribution in [0.3, 0.4) is 0 Å². The third-order valence-electron chi connectivity index (χ3n) is 8.20. The third kappa shape index (κ3) is 6.17. The van der Waals surface area contributed by atoms with Crippen LogP contribution in [0.2, 0.25) is 0 Å². The molecule has 1 saturated heterocycles. The summed E-state index contributed by atoms with van der Waals surface area (Å²) in [5.41, 5.74) is -0.749. The Morgan fingerprint density at radius 3 is 2.35 bits per heavy atom. The average Bonchev–Trinajstić information content (AvgIpc) is 2.82. The zero-order valence-corrected chi connectivity index (χ0v) is 20.1. The van der Waals surface area contributed by atoms with E-state index in [0.717, 1.165) is 19.3 Å². The van der Waals surface area contributed by atoms with Crippen molar-refractivity contribution in [1.29, 1.82) is 0 Å². The average molecular weight is 510 g/mol. The highest BCUT2D eigenvalue weighted by molar-refractivity contribution is 6.21. The molecule has 11 heteroatoms. The maximum absolute atomic E-state index is 13.8. The predicted molar refractivity (Wildman–Crippen MR) is 119 cm³/mol. The van der Waals surface area contributed by atoms with Crippen LogP contribution < -0.4 is 16.0 Å². The minimum atomic E-state index is -2.81. The van der Waals surface area contributed by atoms with Crippen LogP contribution >= 0.6 is 11.6 Å². The van der Waals surface area contributed by atoms with Crippen molar-refractivity contribution in [1.82, 2.24) is 16.0 Å². The van der Waals surface area contributed by atoms with Crippen molar-refractivity contribution in [3.63, 3.8) is 0 Å². The van der Waals surface area contributed by atoms with Gasteiger partial charge in [-0.3, -0.25) is 14.9 Å². The first-order valence-electron chi connectivity index (χ1n) is 12.4. The lowest BCUT2D eigenvalue weighted by molar-refractivity contribution is -0.177. The third-order valence-corrected chi connectivity index (χ3v) is 8.69. The zero-order chi connectivity index (χ0) is 24.3. The van der Waals surface area contributed by atoms with Crippen LogP contribution in [-0.4, -0.2) is 67.0 Å². The van der Waals surface area contributed by atoms with Gasteiger partial charge in [0, 0.05) is 30.0 Å². The Kier molecular flexibility index (Phi) is 8.32. The van der Waals surface area contributed by atoms with Gasteiger partial charge in [-0.1, -0.05) is 0 Å². The van der Waals surface area contributed by atoms with Crippen LogP contribution in [0.25, 0.3) is 0 Å². The molecule has 0 spiro atoms. The molecule has 7 nitrogen and oxygen atoms in total. The molecule has 4 saturated carbocycles. The van der Waals surface area contributed by atoms with Crippen molar-refractivity contribution in [2.24, 2.45) is 5.41 Å². The summed E-state index contributed by atoms with van der Waals surface area (Å²) in [6.07, 6.45) is 4.62. The lowest BCUT2D eigenvalue weighted by Crippen LogP contribution is -2.61. The molecule has 194 valence electrons. The van der Waals surface area contributed by atoms with Crippen LogP contribution in [0.1, 0.15) is 70.6 Å². The van der Waals surface area contributed by atoms with E-state index in [0.29, 0.717) is 51.5 Å². The second-order valence-electron chi connectivity index (χ2n) is 10.4. The number of ether oxygens (including phenoxy) is 2. The van der Waals surface area contributed by atoms with E-state index in [-0.39, 0.29) is 42.5 Å². The lowest BCUT2D eigenvalue weighted by Gasteiger charge is -2.53. The van der Waals surface area contributed by atoms with Gasteiger partial charge < -0.3 is 20.1 Å². The molecule has 0 aromatic rings. The van der Waals surface area contributed by atoms with E-state index in [1.807, 2.05) is 0 Å². The number of carbonyl (C=O) groups excluding carboxylic acids is 2. The van der Waals surface area contributed by atoms with Gasteiger partial charge in [-0.05, 0) is 64.2 Å². The van der Waals surface area contributed by atoms with Crippen molar-refractivity contribution >= 4 is 23.4 Å². The van der Waals surface area contributed by atoms with Gasteiger partial charge in [0.2, 0.25) is 11.8 Å². The van der Waals surface area contributed by atoms with Crippen molar-refractivity contribution in [2.75, 3.05) is 13.2 Å². The Morgan fingerprint density at radius 1 is 1.06 bits per heavy atom. The smallest absolute Gasteiger partial charge is 0.346 e. The highest BCUT2D eigenvalue weighted by atomic mass is 35.5. The molecule has 0 radical (unpaired) electrons. The van der Waals surface area contributed by atoms with Gasteiger partial charge in [0.15, 0.2) is 0 Å². The largest absolute Gasteiger partial charge is 0.368 e. The number of hydrogen-bond acceptors (Lipinski definition) is 5. The first kappa shape index (κ1) is 26.0. The van der Waals surface area contributed by atoms with Crippen molar-refractivity contribution in [2.45, 2.75) is 113 Å². The molecule has 2 amide bonds. The highest BCUT2D eigenvalue weighted by Gasteiger charge is 2.53. The Morgan fingerprint density at radius 2 is 1.76 bits per heavy atom.